The van der Waals surface area contributed by atoms with Crippen LogP contribution >= 0.6 is 12.2 Å². The van der Waals surface area contributed by atoms with Gasteiger partial charge in [0.25, 0.3) is 0 Å². The summed E-state index contributed by atoms with van der Waals surface area (Å²) in [5.41, 5.74) is 4.49. The molecule has 0 unspecified atom stereocenters. The molecule has 0 radical (unpaired) electrons. The average Bonchev–Trinajstić information content (AvgIpc) is 2.98. The highest BCUT2D eigenvalue weighted by molar-refractivity contribution is 7.78. The number of hydrogen-bond donors (Lipinski definition) is 0. The van der Waals surface area contributed by atoms with Gasteiger partial charge in [-0.2, -0.15) is 4.99 Å². The van der Waals surface area contributed by atoms with Crippen molar-refractivity contribution in [3.63, 3.8) is 0 Å². The SMILES string of the molecule is CCC1=Cc2ccc(C#Cc3cc(F)c(N=C=S)c(F)c3)cc2C1. The molecule has 24 heavy (non-hydrogen) atoms. The van der Waals surface area contributed by atoms with Crippen molar-refractivity contribution in [3.05, 3.63) is 69.8 Å². The summed E-state index contributed by atoms with van der Waals surface area (Å²) in [5, 5.41) is 1.96. The van der Waals surface area contributed by atoms with Crippen molar-refractivity contribution in [2.24, 2.45) is 4.99 Å². The highest BCUT2D eigenvalue weighted by Gasteiger charge is 2.11. The number of isothiocyanates is 1. The minimum Gasteiger partial charge on any atom is -0.204 e. The Hall–Kier alpha value is -2.60. The van der Waals surface area contributed by atoms with Gasteiger partial charge in [0.05, 0.1) is 5.16 Å². The summed E-state index contributed by atoms with van der Waals surface area (Å²) in [7, 11) is 0. The van der Waals surface area contributed by atoms with E-state index in [-0.39, 0.29) is 5.56 Å². The van der Waals surface area contributed by atoms with Gasteiger partial charge in [0.2, 0.25) is 0 Å². The summed E-state index contributed by atoms with van der Waals surface area (Å²) in [4.78, 5) is 3.38. The lowest BCUT2D eigenvalue weighted by Gasteiger charge is -2.00. The van der Waals surface area contributed by atoms with Crippen LogP contribution in [0.4, 0.5) is 14.5 Å². The molecule has 0 heterocycles. The number of aliphatic imine (C=N–C) groups is 1. The molecule has 4 heteroatoms. The second kappa shape index (κ2) is 6.88. The first-order valence-electron chi connectivity index (χ1n) is 7.52. The van der Waals surface area contributed by atoms with Crippen LogP contribution in [0, 0.1) is 23.5 Å². The van der Waals surface area contributed by atoms with Crippen molar-refractivity contribution in [2.45, 2.75) is 19.8 Å². The van der Waals surface area contributed by atoms with E-state index in [1.807, 2.05) is 23.4 Å². The molecule has 0 bridgehead atoms. The van der Waals surface area contributed by atoms with E-state index in [2.05, 4.69) is 42.1 Å². The molecular formula is C20H13F2NS. The summed E-state index contributed by atoms with van der Waals surface area (Å²) >= 11 is 4.38. The first kappa shape index (κ1) is 16.3. The summed E-state index contributed by atoms with van der Waals surface area (Å²) < 4.78 is 27.6. The maximum absolute atomic E-state index is 13.8. The standard InChI is InChI=1S/C20H13F2NS/c1-2-13-7-16-6-5-14(9-17(16)8-13)3-4-15-10-18(21)20(23-12-24)19(22)11-15/h5-7,9-11H,2,8H2,1H3. The van der Waals surface area contributed by atoms with Crippen LogP contribution in [0.15, 0.2) is 40.9 Å². The Balaban J connectivity index is 1.88. The van der Waals surface area contributed by atoms with Gasteiger partial charge in [-0.25, -0.2) is 8.78 Å². The fourth-order valence-corrected chi connectivity index (χ4v) is 2.75. The fraction of sp³-hybridized carbons (Fsp3) is 0.150. The monoisotopic (exact) mass is 337 g/mol. The maximum Gasteiger partial charge on any atom is 0.153 e. The number of rotatable bonds is 2. The van der Waals surface area contributed by atoms with Crippen molar-refractivity contribution < 1.29 is 8.78 Å². The molecule has 0 fully saturated rings. The zero-order valence-corrected chi connectivity index (χ0v) is 13.8. The van der Waals surface area contributed by atoms with E-state index >= 15 is 0 Å². The Bertz CT molecular complexity index is 934. The number of hydrogen-bond acceptors (Lipinski definition) is 2. The molecule has 1 aliphatic carbocycles. The number of thiocarbonyl (C=S) groups is 1. The molecule has 0 N–H and O–H groups in total. The van der Waals surface area contributed by atoms with Crippen molar-refractivity contribution in [1.29, 1.82) is 0 Å². The van der Waals surface area contributed by atoms with Crippen LogP contribution < -0.4 is 0 Å². The molecule has 0 aliphatic heterocycles. The van der Waals surface area contributed by atoms with Gasteiger partial charge in [0, 0.05) is 11.1 Å². The van der Waals surface area contributed by atoms with Crippen molar-refractivity contribution >= 4 is 29.1 Å². The van der Waals surface area contributed by atoms with Gasteiger partial charge in [-0.05, 0) is 60.5 Å². The first-order chi connectivity index (χ1) is 11.6. The van der Waals surface area contributed by atoms with E-state index in [0.717, 1.165) is 30.5 Å². The highest BCUT2D eigenvalue weighted by Crippen LogP contribution is 2.27. The molecule has 0 atom stereocenters. The normalized spacial score (nSPS) is 11.9. The molecule has 0 saturated heterocycles. The quantitative estimate of drug-likeness (QED) is 0.403. The van der Waals surface area contributed by atoms with Gasteiger partial charge < -0.3 is 0 Å². The van der Waals surface area contributed by atoms with Gasteiger partial charge in [0.1, 0.15) is 5.69 Å². The number of benzene rings is 2. The smallest absolute Gasteiger partial charge is 0.153 e. The Morgan fingerprint density at radius 2 is 1.79 bits per heavy atom. The van der Waals surface area contributed by atoms with Crippen molar-refractivity contribution in [1.82, 2.24) is 0 Å². The van der Waals surface area contributed by atoms with Crippen molar-refractivity contribution in [3.8, 4) is 11.8 Å². The van der Waals surface area contributed by atoms with Crippen molar-refractivity contribution in [2.75, 3.05) is 0 Å². The Kier molecular flexibility index (Phi) is 4.66. The highest BCUT2D eigenvalue weighted by atomic mass is 32.1. The lowest BCUT2D eigenvalue weighted by Crippen LogP contribution is -1.87. The van der Waals surface area contributed by atoms with Gasteiger partial charge >= 0.3 is 0 Å². The molecule has 1 nitrogen and oxygen atoms in total. The number of allylic oxidation sites excluding steroid dienone is 1. The number of fused-ring (bicyclic) bond motifs is 1. The first-order valence-corrected chi connectivity index (χ1v) is 7.93. The third-order valence-corrected chi connectivity index (χ3v) is 3.99. The van der Waals surface area contributed by atoms with E-state index in [9.17, 15) is 8.78 Å². The van der Waals surface area contributed by atoms with Gasteiger partial charge in [-0.15, -0.1) is 0 Å². The molecule has 0 saturated carbocycles. The summed E-state index contributed by atoms with van der Waals surface area (Å²) in [6.45, 7) is 2.14. The van der Waals surface area contributed by atoms with Crippen LogP contribution in [0.2, 0.25) is 0 Å². The molecule has 118 valence electrons. The largest absolute Gasteiger partial charge is 0.204 e. The van der Waals surface area contributed by atoms with E-state index in [0.29, 0.717) is 0 Å². The van der Waals surface area contributed by atoms with Crippen LogP contribution in [0.1, 0.15) is 35.6 Å². The van der Waals surface area contributed by atoms with E-state index in [1.165, 1.54) is 16.7 Å². The van der Waals surface area contributed by atoms with Gasteiger partial charge in [0.15, 0.2) is 11.6 Å². The predicted octanol–water partition coefficient (Wildman–Crippen LogP) is 5.45. The average molecular weight is 337 g/mol. The summed E-state index contributed by atoms with van der Waals surface area (Å²) in [5.74, 6) is 4.14. The lowest BCUT2D eigenvalue weighted by atomic mass is 10.0. The zero-order chi connectivity index (χ0) is 17.1. The lowest BCUT2D eigenvalue weighted by molar-refractivity contribution is 0.587. The molecular weight excluding hydrogens is 324 g/mol. The van der Waals surface area contributed by atoms with Crippen LogP contribution in [0.25, 0.3) is 6.08 Å². The second-order valence-electron chi connectivity index (χ2n) is 5.49. The Labute approximate surface area is 144 Å². The van der Waals surface area contributed by atoms with E-state index in [1.54, 1.807) is 0 Å². The second-order valence-corrected chi connectivity index (χ2v) is 5.67. The molecule has 2 aromatic rings. The van der Waals surface area contributed by atoms with E-state index in [4.69, 9.17) is 0 Å². The van der Waals surface area contributed by atoms with Gasteiger partial charge in [-0.3, -0.25) is 0 Å². The van der Waals surface area contributed by atoms with Crippen LogP contribution in [-0.4, -0.2) is 5.16 Å². The van der Waals surface area contributed by atoms with Gasteiger partial charge in [-0.1, -0.05) is 36.5 Å². The third kappa shape index (κ3) is 3.33. The number of halogens is 2. The topological polar surface area (TPSA) is 12.4 Å². The maximum atomic E-state index is 13.8. The minimum absolute atomic E-state index is 0.251. The number of nitrogens with zero attached hydrogens (tertiary/aromatic N) is 1. The molecule has 0 spiro atoms. The third-order valence-electron chi connectivity index (χ3n) is 3.90. The Morgan fingerprint density at radius 1 is 1.08 bits per heavy atom. The molecule has 0 aromatic heterocycles. The van der Waals surface area contributed by atoms with Crippen LogP contribution in [0.3, 0.4) is 0 Å². The molecule has 2 aromatic carbocycles. The Morgan fingerprint density at radius 3 is 2.46 bits per heavy atom. The fourth-order valence-electron chi connectivity index (χ4n) is 2.65. The minimum atomic E-state index is -0.803. The molecule has 3 rings (SSSR count). The molecule has 1 aliphatic rings. The summed E-state index contributed by atoms with van der Waals surface area (Å²) in [6, 6.07) is 8.26. The molecule has 0 amide bonds. The zero-order valence-electron chi connectivity index (χ0n) is 13.0. The summed E-state index contributed by atoms with van der Waals surface area (Å²) in [6.07, 6.45) is 4.17. The van der Waals surface area contributed by atoms with Crippen LogP contribution in [0.5, 0.6) is 0 Å². The van der Waals surface area contributed by atoms with E-state index < -0.39 is 17.3 Å². The predicted molar refractivity (Wildman–Crippen MR) is 95.4 cm³/mol. The van der Waals surface area contributed by atoms with Crippen LogP contribution in [-0.2, 0) is 6.42 Å².